The van der Waals surface area contributed by atoms with E-state index in [9.17, 15) is 17.6 Å². The summed E-state index contributed by atoms with van der Waals surface area (Å²) >= 11 is 0. The van der Waals surface area contributed by atoms with Gasteiger partial charge >= 0.3 is 0 Å². The van der Waals surface area contributed by atoms with Gasteiger partial charge in [0.05, 0.1) is 17.9 Å². The van der Waals surface area contributed by atoms with Gasteiger partial charge in [0, 0.05) is 28.0 Å². The second-order valence-electron chi connectivity index (χ2n) is 11.0. The number of nitrogens with zero attached hydrogens (tertiary/aromatic N) is 3. The number of anilines is 2. The lowest BCUT2D eigenvalue weighted by atomic mass is 9.94. The number of carbonyl (C=O) groups is 1. The lowest BCUT2D eigenvalue weighted by Crippen LogP contribution is -2.43. The van der Waals surface area contributed by atoms with E-state index in [4.69, 9.17) is 15.5 Å². The minimum Gasteiger partial charge on any atom is -0.493 e. The number of aromatic nitrogens is 2. The van der Waals surface area contributed by atoms with Crippen molar-refractivity contribution in [2.45, 2.75) is 62.9 Å². The van der Waals surface area contributed by atoms with Gasteiger partial charge in [-0.1, -0.05) is 32.8 Å². The molecule has 0 unspecified atom stereocenters. The Morgan fingerprint density at radius 1 is 1.12 bits per heavy atom. The lowest BCUT2D eigenvalue weighted by Gasteiger charge is -2.37. The van der Waals surface area contributed by atoms with Crippen molar-refractivity contribution in [1.29, 1.82) is 0 Å². The average Bonchev–Trinajstić information content (AvgIpc) is 3.56. The first-order valence-corrected chi connectivity index (χ1v) is 15.1. The Balaban J connectivity index is 0.00000215. The van der Waals surface area contributed by atoms with Gasteiger partial charge in [-0.3, -0.25) is 4.79 Å². The number of hydrogen-bond donors (Lipinski definition) is 2. The highest BCUT2D eigenvalue weighted by atomic mass is 32.2. The van der Waals surface area contributed by atoms with Gasteiger partial charge in [0.25, 0.3) is 15.9 Å². The van der Waals surface area contributed by atoms with Crippen LogP contribution in [0.4, 0.5) is 16.0 Å². The fourth-order valence-electron chi connectivity index (χ4n) is 5.68. The predicted octanol–water partition coefficient (Wildman–Crippen LogP) is 5.67. The minimum atomic E-state index is -4.29. The maximum atomic E-state index is 14.6. The van der Waals surface area contributed by atoms with Crippen LogP contribution in [-0.2, 0) is 10.0 Å². The number of carbonyl (C=O) groups excluding carboxylic acids is 1. The fourth-order valence-corrected chi connectivity index (χ4v) is 6.62. The highest BCUT2D eigenvalue weighted by molar-refractivity contribution is 7.90. The lowest BCUT2D eigenvalue weighted by molar-refractivity contribution is 0.0981. The summed E-state index contributed by atoms with van der Waals surface area (Å²) in [4.78, 5) is 24.4. The smallest absolute Gasteiger partial charge is 0.281 e. The summed E-state index contributed by atoms with van der Waals surface area (Å²) < 4.78 is 48.5. The third kappa shape index (κ3) is 5.74. The zero-order chi connectivity index (χ0) is 28.5. The van der Waals surface area contributed by atoms with Crippen LogP contribution in [0.25, 0.3) is 11.3 Å². The number of nitrogens with one attached hydrogen (secondary N) is 1. The van der Waals surface area contributed by atoms with Gasteiger partial charge in [-0.15, -0.1) is 0 Å². The summed E-state index contributed by atoms with van der Waals surface area (Å²) in [5.41, 5.74) is 6.60. The van der Waals surface area contributed by atoms with Gasteiger partial charge in [-0.05, 0) is 68.0 Å². The molecule has 9 nitrogen and oxygen atoms in total. The van der Waals surface area contributed by atoms with Crippen LogP contribution in [0.15, 0.2) is 53.6 Å². The molecule has 0 atom stereocenters. The van der Waals surface area contributed by atoms with E-state index in [-0.39, 0.29) is 32.1 Å². The molecule has 1 spiro atoms. The number of ether oxygens (including phenoxy) is 1. The number of pyridine rings is 2. The van der Waals surface area contributed by atoms with E-state index in [1.165, 1.54) is 30.3 Å². The molecule has 1 aliphatic heterocycles. The van der Waals surface area contributed by atoms with E-state index in [1.54, 1.807) is 18.2 Å². The number of nitrogen functional groups attached to an aromatic ring is 1. The van der Waals surface area contributed by atoms with Gasteiger partial charge in [-0.2, -0.15) is 8.42 Å². The summed E-state index contributed by atoms with van der Waals surface area (Å²) in [6.07, 6.45) is 6.00. The Kier molecular flexibility index (Phi) is 7.67. The highest BCUT2D eigenvalue weighted by Gasteiger charge is 2.45. The standard InChI is InChI=1S/C29H34FN5O4S.3H2/c1-19(2)18-39-22-16-20(15-21(30)17-22)24-10-9-23(27(32-24)35-14-6-13-29(35)11-3-4-12-29)28(36)34-40(37,38)26-8-5-7-25(31)33-26;;;/h5,7-10,15-17,19H,3-4,6,11-14,18H2,1-2H3,(H2,31,33)(H,34,36);3*1H. The molecule has 1 saturated heterocycles. The average molecular weight is 574 g/mol. The Hall–Kier alpha value is -3.73. The molecular weight excluding hydrogens is 533 g/mol. The summed E-state index contributed by atoms with van der Waals surface area (Å²) in [6, 6.07) is 11.8. The summed E-state index contributed by atoms with van der Waals surface area (Å²) in [5, 5.41) is -0.353. The number of hydrogen-bond acceptors (Lipinski definition) is 8. The fraction of sp³-hybridized carbons (Fsp3) is 0.414. The van der Waals surface area contributed by atoms with Gasteiger partial charge in [-0.25, -0.2) is 19.1 Å². The topological polar surface area (TPSA) is 128 Å². The minimum absolute atomic E-state index is 0. The van der Waals surface area contributed by atoms with Crippen LogP contribution in [0, 0.1) is 11.7 Å². The molecule has 5 rings (SSSR count). The summed E-state index contributed by atoms with van der Waals surface area (Å²) in [5.74, 6) is -0.212. The van der Waals surface area contributed by atoms with Crippen LogP contribution in [0.5, 0.6) is 5.75 Å². The van der Waals surface area contributed by atoms with Gasteiger partial charge in [0.2, 0.25) is 0 Å². The van der Waals surface area contributed by atoms with Gasteiger partial charge in [0.1, 0.15) is 23.2 Å². The van der Waals surface area contributed by atoms with E-state index in [0.29, 0.717) is 36.0 Å². The van der Waals surface area contributed by atoms with Crippen LogP contribution in [-0.4, -0.2) is 43.0 Å². The molecule has 0 bridgehead atoms. The van der Waals surface area contributed by atoms with Gasteiger partial charge < -0.3 is 15.4 Å². The molecular formula is C29H40FN5O4S. The normalized spacial score (nSPS) is 16.6. The molecule has 218 valence electrons. The molecule has 1 amide bonds. The Labute approximate surface area is 238 Å². The first-order chi connectivity index (χ1) is 19.1. The van der Waals surface area contributed by atoms with Crippen molar-refractivity contribution in [1.82, 2.24) is 14.7 Å². The van der Waals surface area contributed by atoms with Crippen LogP contribution in [0.1, 0.15) is 67.0 Å². The largest absolute Gasteiger partial charge is 0.493 e. The van der Waals surface area contributed by atoms with Crippen molar-refractivity contribution in [3.8, 4) is 17.0 Å². The second kappa shape index (κ2) is 11.0. The monoisotopic (exact) mass is 573 g/mol. The van der Waals surface area contributed by atoms with E-state index in [1.807, 2.05) is 13.8 Å². The number of sulfonamides is 1. The molecule has 1 aliphatic carbocycles. The van der Waals surface area contributed by atoms with Crippen molar-refractivity contribution >= 4 is 27.6 Å². The molecule has 2 aromatic heterocycles. The maximum Gasteiger partial charge on any atom is 0.281 e. The number of benzene rings is 1. The summed E-state index contributed by atoms with van der Waals surface area (Å²) in [6.45, 7) is 5.14. The molecule has 3 aromatic rings. The highest BCUT2D eigenvalue weighted by Crippen LogP contribution is 2.46. The van der Waals surface area contributed by atoms with E-state index >= 15 is 0 Å². The van der Waals surface area contributed by atoms with Crippen molar-refractivity contribution in [2.75, 3.05) is 23.8 Å². The van der Waals surface area contributed by atoms with E-state index in [0.717, 1.165) is 38.5 Å². The number of nitrogens with two attached hydrogens (primary N) is 1. The number of amides is 1. The zero-order valence-corrected chi connectivity index (χ0v) is 23.5. The van der Waals surface area contributed by atoms with Crippen LogP contribution in [0.3, 0.4) is 0 Å². The number of rotatable bonds is 8. The third-order valence-electron chi connectivity index (χ3n) is 7.50. The molecule has 0 radical (unpaired) electrons. The van der Waals surface area contributed by atoms with Crippen molar-refractivity contribution in [3.05, 3.63) is 59.9 Å². The Bertz CT molecular complexity index is 1530. The van der Waals surface area contributed by atoms with E-state index in [2.05, 4.69) is 14.6 Å². The third-order valence-corrected chi connectivity index (χ3v) is 8.74. The van der Waals surface area contributed by atoms with Crippen molar-refractivity contribution in [2.24, 2.45) is 5.92 Å². The molecule has 3 heterocycles. The van der Waals surface area contributed by atoms with Crippen molar-refractivity contribution < 1.29 is 26.6 Å². The summed E-state index contributed by atoms with van der Waals surface area (Å²) in [7, 11) is -4.29. The van der Waals surface area contributed by atoms with Crippen molar-refractivity contribution in [3.63, 3.8) is 0 Å². The van der Waals surface area contributed by atoms with Crippen LogP contribution < -0.4 is 20.1 Å². The van der Waals surface area contributed by atoms with Crippen LogP contribution >= 0.6 is 0 Å². The molecule has 11 heteroatoms. The molecule has 2 aliphatic rings. The SMILES string of the molecule is CC(C)COc1cc(F)cc(-c2ccc(C(=O)NS(=O)(=O)c3cccc(N)n3)c(N3CCCC34CCCC4)n2)c1.[HH].[HH].[HH]. The van der Waals surface area contributed by atoms with E-state index < -0.39 is 21.7 Å². The Morgan fingerprint density at radius 3 is 2.60 bits per heavy atom. The molecule has 40 heavy (non-hydrogen) atoms. The maximum absolute atomic E-state index is 14.6. The van der Waals surface area contributed by atoms with Crippen LogP contribution in [0.2, 0.25) is 0 Å². The number of halogens is 1. The first-order valence-electron chi connectivity index (χ1n) is 13.6. The molecule has 1 aromatic carbocycles. The Morgan fingerprint density at radius 2 is 1.88 bits per heavy atom. The predicted molar refractivity (Wildman–Crippen MR) is 157 cm³/mol. The van der Waals surface area contributed by atoms with Gasteiger partial charge in [0.15, 0.2) is 5.03 Å². The molecule has 3 N–H and O–H groups in total. The molecule has 1 saturated carbocycles. The quantitative estimate of drug-likeness (QED) is 0.353. The zero-order valence-electron chi connectivity index (χ0n) is 22.7. The molecule has 2 fully saturated rings. The second-order valence-corrected chi connectivity index (χ2v) is 12.6. The first kappa shape index (κ1) is 27.8.